The van der Waals surface area contributed by atoms with Crippen LogP contribution in [0.1, 0.15) is 13.8 Å². The number of amides is 4. The van der Waals surface area contributed by atoms with Gasteiger partial charge in [-0.3, -0.25) is 14.5 Å². The average Bonchev–Trinajstić information content (AvgIpc) is 2.61. The van der Waals surface area contributed by atoms with Gasteiger partial charge in [-0.1, -0.05) is 0 Å². The summed E-state index contributed by atoms with van der Waals surface area (Å²) in [5.41, 5.74) is -0.976. The number of urea groups is 1. The highest BCUT2D eigenvalue weighted by atomic mass is 16.5. The van der Waals surface area contributed by atoms with Crippen molar-refractivity contribution < 1.29 is 24.2 Å². The largest absolute Gasteiger partial charge is 0.394 e. The number of hydrogen-bond acceptors (Lipinski definition) is 5. The Balaban J connectivity index is 1.98. The number of aliphatic hydroxyl groups excluding tert-OH is 1. The molecule has 2 fully saturated rings. The molecule has 0 aromatic rings. The van der Waals surface area contributed by atoms with Gasteiger partial charge >= 0.3 is 6.03 Å². The predicted octanol–water partition coefficient (Wildman–Crippen LogP) is -1.46. The van der Waals surface area contributed by atoms with Crippen LogP contribution >= 0.6 is 0 Å². The number of imide groups is 1. The van der Waals surface area contributed by atoms with Crippen LogP contribution in [0.3, 0.4) is 0 Å². The normalized spacial score (nSPS) is 25.9. The standard InChI is InChI=1S/C12H19N3O5/c1-12(2)10(18)15(11(19)13-12)6-9(17)14-3-4-20-8(5-14)7-16/h8,16H,3-7H2,1-2H3,(H,13,19). The van der Waals surface area contributed by atoms with E-state index in [1.54, 1.807) is 13.8 Å². The second-order valence-corrected chi connectivity index (χ2v) is 5.46. The Bertz CT molecular complexity index is 437. The lowest BCUT2D eigenvalue weighted by molar-refractivity contribution is -0.144. The Hall–Kier alpha value is -1.67. The second kappa shape index (κ2) is 5.37. The first-order valence-electron chi connectivity index (χ1n) is 6.49. The number of rotatable bonds is 3. The number of nitrogens with one attached hydrogen (secondary N) is 1. The van der Waals surface area contributed by atoms with Crippen LogP contribution < -0.4 is 5.32 Å². The average molecular weight is 285 g/mol. The van der Waals surface area contributed by atoms with Gasteiger partial charge in [0.05, 0.1) is 19.3 Å². The zero-order chi connectivity index (χ0) is 14.9. The van der Waals surface area contributed by atoms with Crippen LogP contribution in [0.15, 0.2) is 0 Å². The first-order valence-corrected chi connectivity index (χ1v) is 6.49. The number of aliphatic hydroxyl groups is 1. The molecule has 2 rings (SSSR count). The fourth-order valence-corrected chi connectivity index (χ4v) is 2.25. The van der Waals surface area contributed by atoms with Gasteiger partial charge in [0.2, 0.25) is 5.91 Å². The summed E-state index contributed by atoms with van der Waals surface area (Å²) in [5, 5.41) is 11.6. The van der Waals surface area contributed by atoms with Crippen LogP contribution in [0.4, 0.5) is 4.79 Å². The topological polar surface area (TPSA) is 99.2 Å². The van der Waals surface area contributed by atoms with Crippen LogP contribution in [-0.4, -0.2) is 77.2 Å². The van der Waals surface area contributed by atoms with Gasteiger partial charge in [-0.2, -0.15) is 0 Å². The molecule has 2 aliphatic heterocycles. The third kappa shape index (κ3) is 2.75. The van der Waals surface area contributed by atoms with Gasteiger partial charge < -0.3 is 20.1 Å². The van der Waals surface area contributed by atoms with E-state index in [4.69, 9.17) is 9.84 Å². The fourth-order valence-electron chi connectivity index (χ4n) is 2.25. The highest BCUT2D eigenvalue weighted by Gasteiger charge is 2.45. The van der Waals surface area contributed by atoms with Crippen LogP contribution in [0.25, 0.3) is 0 Å². The van der Waals surface area contributed by atoms with E-state index in [2.05, 4.69) is 5.32 Å². The zero-order valence-electron chi connectivity index (χ0n) is 11.6. The van der Waals surface area contributed by atoms with E-state index in [1.165, 1.54) is 4.90 Å². The molecule has 2 N–H and O–H groups in total. The van der Waals surface area contributed by atoms with Gasteiger partial charge in [0.1, 0.15) is 12.1 Å². The fraction of sp³-hybridized carbons (Fsp3) is 0.750. The number of ether oxygens (including phenoxy) is 1. The van der Waals surface area contributed by atoms with Crippen LogP contribution in [0.5, 0.6) is 0 Å². The number of carbonyl (C=O) groups excluding carboxylic acids is 3. The molecule has 8 heteroatoms. The molecule has 0 saturated carbocycles. The molecule has 0 aromatic carbocycles. The summed E-state index contributed by atoms with van der Waals surface area (Å²) in [6.45, 7) is 3.72. The lowest BCUT2D eigenvalue weighted by Gasteiger charge is -2.32. The van der Waals surface area contributed by atoms with Crippen LogP contribution in [-0.2, 0) is 14.3 Å². The Labute approximate surface area is 116 Å². The maximum atomic E-state index is 12.1. The summed E-state index contributed by atoms with van der Waals surface area (Å²) < 4.78 is 5.25. The van der Waals surface area contributed by atoms with Gasteiger partial charge in [0, 0.05) is 13.1 Å². The molecule has 1 unspecified atom stereocenters. The molecule has 0 bridgehead atoms. The molecule has 20 heavy (non-hydrogen) atoms. The van der Waals surface area contributed by atoms with Crippen molar-refractivity contribution in [3.05, 3.63) is 0 Å². The molecular weight excluding hydrogens is 266 g/mol. The molecule has 0 aliphatic carbocycles. The van der Waals surface area contributed by atoms with Gasteiger partial charge in [-0.05, 0) is 13.8 Å². The zero-order valence-corrected chi connectivity index (χ0v) is 11.6. The van der Waals surface area contributed by atoms with Gasteiger partial charge in [0.25, 0.3) is 5.91 Å². The van der Waals surface area contributed by atoms with E-state index in [0.717, 1.165) is 4.90 Å². The van der Waals surface area contributed by atoms with Crippen molar-refractivity contribution >= 4 is 17.8 Å². The molecule has 112 valence electrons. The third-order valence-electron chi connectivity index (χ3n) is 3.43. The highest BCUT2D eigenvalue weighted by molar-refractivity contribution is 6.08. The number of carbonyl (C=O) groups is 3. The lowest BCUT2D eigenvalue weighted by Crippen LogP contribution is -2.51. The number of nitrogens with zero attached hydrogens (tertiary/aromatic N) is 2. The SMILES string of the molecule is CC1(C)NC(=O)N(CC(=O)N2CCOC(CO)C2)C1=O. The quantitative estimate of drug-likeness (QED) is 0.617. The molecule has 0 aromatic heterocycles. The van der Waals surface area contributed by atoms with E-state index in [1.807, 2.05) is 0 Å². The van der Waals surface area contributed by atoms with E-state index in [-0.39, 0.29) is 25.6 Å². The van der Waals surface area contributed by atoms with Crippen molar-refractivity contribution in [1.29, 1.82) is 0 Å². The molecule has 2 aliphatic rings. The lowest BCUT2D eigenvalue weighted by atomic mass is 10.1. The first kappa shape index (κ1) is 14.7. The Morgan fingerprint density at radius 2 is 2.20 bits per heavy atom. The Morgan fingerprint density at radius 3 is 2.75 bits per heavy atom. The predicted molar refractivity (Wildman–Crippen MR) is 67.7 cm³/mol. The first-order chi connectivity index (χ1) is 9.35. The third-order valence-corrected chi connectivity index (χ3v) is 3.43. The van der Waals surface area contributed by atoms with E-state index in [9.17, 15) is 14.4 Å². The van der Waals surface area contributed by atoms with E-state index >= 15 is 0 Å². The van der Waals surface area contributed by atoms with Gasteiger partial charge in [0.15, 0.2) is 0 Å². The summed E-state index contributed by atoms with van der Waals surface area (Å²) in [7, 11) is 0. The maximum absolute atomic E-state index is 12.1. The van der Waals surface area contributed by atoms with Crippen molar-refractivity contribution in [2.24, 2.45) is 0 Å². The smallest absolute Gasteiger partial charge is 0.325 e. The van der Waals surface area contributed by atoms with Crippen LogP contribution in [0.2, 0.25) is 0 Å². The minimum absolute atomic E-state index is 0.167. The van der Waals surface area contributed by atoms with Crippen molar-refractivity contribution in [3.63, 3.8) is 0 Å². The molecule has 1 atom stereocenters. The van der Waals surface area contributed by atoms with Crippen molar-refractivity contribution in [2.75, 3.05) is 32.8 Å². The molecule has 8 nitrogen and oxygen atoms in total. The Kier molecular flexibility index (Phi) is 3.96. The minimum Gasteiger partial charge on any atom is -0.394 e. The Morgan fingerprint density at radius 1 is 1.50 bits per heavy atom. The molecule has 0 radical (unpaired) electrons. The summed E-state index contributed by atoms with van der Waals surface area (Å²) >= 11 is 0. The maximum Gasteiger partial charge on any atom is 0.325 e. The summed E-state index contributed by atoms with van der Waals surface area (Å²) in [6, 6.07) is -0.555. The second-order valence-electron chi connectivity index (χ2n) is 5.46. The number of morpholine rings is 1. The molecule has 0 spiro atoms. The van der Waals surface area contributed by atoms with Crippen LogP contribution in [0, 0.1) is 0 Å². The summed E-state index contributed by atoms with van der Waals surface area (Å²) in [4.78, 5) is 38.2. The van der Waals surface area contributed by atoms with Gasteiger partial charge in [-0.15, -0.1) is 0 Å². The highest BCUT2D eigenvalue weighted by Crippen LogP contribution is 2.17. The number of hydrogen-bond donors (Lipinski definition) is 2. The monoisotopic (exact) mass is 285 g/mol. The molecule has 2 heterocycles. The molecular formula is C12H19N3O5. The van der Waals surface area contributed by atoms with Gasteiger partial charge in [-0.25, -0.2) is 4.79 Å². The summed E-state index contributed by atoms with van der Waals surface area (Å²) in [5.74, 6) is -0.740. The van der Waals surface area contributed by atoms with Crippen molar-refractivity contribution in [1.82, 2.24) is 15.1 Å². The molecule has 2 saturated heterocycles. The minimum atomic E-state index is -0.976. The molecule has 4 amide bonds. The van der Waals surface area contributed by atoms with Crippen molar-refractivity contribution in [3.8, 4) is 0 Å². The van der Waals surface area contributed by atoms with E-state index in [0.29, 0.717) is 13.2 Å². The summed E-state index contributed by atoms with van der Waals surface area (Å²) in [6.07, 6.45) is -0.410. The van der Waals surface area contributed by atoms with E-state index < -0.39 is 23.6 Å². The van der Waals surface area contributed by atoms with Crippen molar-refractivity contribution in [2.45, 2.75) is 25.5 Å².